The molecule has 1 aliphatic heterocycles. The van der Waals surface area contributed by atoms with Crippen LogP contribution in [0.15, 0.2) is 24.4 Å². The van der Waals surface area contributed by atoms with E-state index >= 15 is 0 Å². The van der Waals surface area contributed by atoms with Crippen LogP contribution >= 0.6 is 0 Å². The monoisotopic (exact) mass is 251 g/mol. The number of aromatic nitrogens is 1. The largest absolute Gasteiger partial charge is 0.336 e. The number of nitrogens with zero attached hydrogens (tertiary/aromatic N) is 2. The van der Waals surface area contributed by atoms with Crippen molar-refractivity contribution < 1.29 is 4.79 Å². The van der Waals surface area contributed by atoms with Crippen LogP contribution < -0.4 is 16.8 Å². The number of amides is 2. The third kappa shape index (κ3) is 5.11. The van der Waals surface area contributed by atoms with E-state index in [4.69, 9.17) is 11.5 Å². The Labute approximate surface area is 107 Å². The zero-order valence-electron chi connectivity index (χ0n) is 10.5. The van der Waals surface area contributed by atoms with Gasteiger partial charge >= 0.3 is 6.03 Å². The van der Waals surface area contributed by atoms with Crippen LogP contribution in [0.25, 0.3) is 0 Å². The first kappa shape index (κ1) is 14.4. The molecule has 0 aliphatic carbocycles. The zero-order valence-corrected chi connectivity index (χ0v) is 10.5. The highest BCUT2D eigenvalue weighted by Gasteiger charge is 2.17. The number of pyridine rings is 1. The van der Waals surface area contributed by atoms with Gasteiger partial charge in [-0.1, -0.05) is 6.07 Å². The van der Waals surface area contributed by atoms with E-state index in [-0.39, 0.29) is 6.03 Å². The van der Waals surface area contributed by atoms with Gasteiger partial charge in [0.2, 0.25) is 0 Å². The fourth-order valence-corrected chi connectivity index (χ4v) is 1.57. The van der Waals surface area contributed by atoms with Crippen LogP contribution in [0.4, 0.5) is 4.79 Å². The Kier molecular flexibility index (Phi) is 6.75. The summed E-state index contributed by atoms with van der Waals surface area (Å²) in [7, 11) is 0. The summed E-state index contributed by atoms with van der Waals surface area (Å²) in [5.41, 5.74) is 11.6. The predicted octanol–water partition coefficient (Wildman–Crippen LogP) is -0.447. The van der Waals surface area contributed by atoms with Gasteiger partial charge in [-0.2, -0.15) is 0 Å². The highest BCUT2D eigenvalue weighted by Crippen LogP contribution is 1.93. The highest BCUT2D eigenvalue weighted by atomic mass is 16.2. The summed E-state index contributed by atoms with van der Waals surface area (Å²) in [6.07, 6.45) is 2.66. The quantitative estimate of drug-likeness (QED) is 0.675. The van der Waals surface area contributed by atoms with E-state index in [1.54, 1.807) is 11.1 Å². The lowest BCUT2D eigenvalue weighted by Crippen LogP contribution is -2.32. The highest BCUT2D eigenvalue weighted by molar-refractivity contribution is 5.76. The molecule has 1 saturated heterocycles. The van der Waals surface area contributed by atoms with E-state index < -0.39 is 0 Å². The maximum atomic E-state index is 10.7. The van der Waals surface area contributed by atoms with Gasteiger partial charge in [-0.05, 0) is 18.7 Å². The summed E-state index contributed by atoms with van der Waals surface area (Å²) in [5.74, 6) is 0. The van der Waals surface area contributed by atoms with E-state index in [0.717, 1.165) is 25.2 Å². The second-order valence-electron chi connectivity index (χ2n) is 3.87. The maximum absolute atomic E-state index is 10.7. The molecule has 0 saturated carbocycles. The molecule has 18 heavy (non-hydrogen) atoms. The van der Waals surface area contributed by atoms with Crippen molar-refractivity contribution in [1.82, 2.24) is 15.2 Å². The minimum atomic E-state index is 0.0143. The molecule has 100 valence electrons. The van der Waals surface area contributed by atoms with Crippen molar-refractivity contribution >= 4 is 6.03 Å². The van der Waals surface area contributed by atoms with Crippen molar-refractivity contribution in [3.8, 4) is 0 Å². The number of carbonyl (C=O) groups excluding carboxylic acids is 1. The third-order valence-corrected chi connectivity index (χ3v) is 2.47. The molecule has 0 unspecified atom stereocenters. The molecule has 6 nitrogen and oxygen atoms in total. The molecule has 0 spiro atoms. The van der Waals surface area contributed by atoms with Gasteiger partial charge in [0.1, 0.15) is 0 Å². The van der Waals surface area contributed by atoms with Crippen LogP contribution in [0.1, 0.15) is 5.69 Å². The molecule has 5 N–H and O–H groups in total. The molecule has 2 rings (SSSR count). The zero-order chi connectivity index (χ0) is 13.2. The molecule has 1 fully saturated rings. The minimum absolute atomic E-state index is 0.0143. The van der Waals surface area contributed by atoms with Gasteiger partial charge in [0.25, 0.3) is 0 Å². The molecule has 0 atom stereocenters. The van der Waals surface area contributed by atoms with Gasteiger partial charge < -0.3 is 21.7 Å². The lowest BCUT2D eigenvalue weighted by molar-refractivity contribution is 0.218. The molecule has 1 aromatic rings. The van der Waals surface area contributed by atoms with Gasteiger partial charge in [-0.25, -0.2) is 4.79 Å². The second-order valence-corrected chi connectivity index (χ2v) is 3.87. The van der Waals surface area contributed by atoms with E-state index in [0.29, 0.717) is 19.6 Å². The van der Waals surface area contributed by atoms with Crippen molar-refractivity contribution in [3.05, 3.63) is 30.1 Å². The van der Waals surface area contributed by atoms with E-state index in [9.17, 15) is 4.79 Å². The standard InChI is InChI=1S/C7H10N2.C5H11N3O/c8-5-4-7-3-1-2-6-9-7;6-1-3-8-4-2-7-5(8)9/h1-3,6H,4-5,8H2;1-4,6H2,(H,7,9). The van der Waals surface area contributed by atoms with Crippen LogP contribution in [0.2, 0.25) is 0 Å². The number of rotatable bonds is 4. The number of carbonyl (C=O) groups is 1. The van der Waals surface area contributed by atoms with Gasteiger partial charge in [-0.3, -0.25) is 4.98 Å². The summed E-state index contributed by atoms with van der Waals surface area (Å²) in [4.78, 5) is 16.5. The summed E-state index contributed by atoms with van der Waals surface area (Å²) < 4.78 is 0. The molecule has 0 aromatic carbocycles. The lowest BCUT2D eigenvalue weighted by atomic mass is 10.3. The summed E-state index contributed by atoms with van der Waals surface area (Å²) in [6, 6.07) is 5.87. The Morgan fingerprint density at radius 1 is 1.33 bits per heavy atom. The Morgan fingerprint density at radius 2 is 2.17 bits per heavy atom. The van der Waals surface area contributed by atoms with E-state index in [2.05, 4.69) is 10.3 Å². The molecular formula is C12H21N5O. The van der Waals surface area contributed by atoms with Crippen LogP contribution in [-0.4, -0.2) is 48.6 Å². The van der Waals surface area contributed by atoms with Gasteiger partial charge in [-0.15, -0.1) is 0 Å². The van der Waals surface area contributed by atoms with E-state index in [1.165, 1.54) is 0 Å². The normalized spacial score (nSPS) is 13.9. The first-order valence-electron chi connectivity index (χ1n) is 6.10. The molecule has 2 heterocycles. The predicted molar refractivity (Wildman–Crippen MR) is 71.0 cm³/mol. The van der Waals surface area contributed by atoms with Crippen molar-refractivity contribution in [1.29, 1.82) is 0 Å². The smallest absolute Gasteiger partial charge is 0.317 e. The fraction of sp³-hybridized carbons (Fsp3) is 0.500. The summed E-state index contributed by atoms with van der Waals surface area (Å²) in [6.45, 7) is 3.46. The number of nitrogens with one attached hydrogen (secondary N) is 1. The van der Waals surface area contributed by atoms with Crippen molar-refractivity contribution in [2.24, 2.45) is 11.5 Å². The Balaban J connectivity index is 0.000000180. The van der Waals surface area contributed by atoms with Crippen LogP contribution in [0.5, 0.6) is 0 Å². The molecule has 0 radical (unpaired) electrons. The van der Waals surface area contributed by atoms with Crippen molar-refractivity contribution in [2.75, 3.05) is 32.7 Å². The lowest BCUT2D eigenvalue weighted by Gasteiger charge is -2.10. The fourth-order valence-electron chi connectivity index (χ4n) is 1.57. The molecule has 0 bridgehead atoms. The first-order valence-corrected chi connectivity index (χ1v) is 6.10. The number of hydrogen-bond donors (Lipinski definition) is 3. The summed E-state index contributed by atoms with van der Waals surface area (Å²) in [5, 5.41) is 2.69. The van der Waals surface area contributed by atoms with Gasteiger partial charge in [0.05, 0.1) is 0 Å². The molecule has 1 aromatic heterocycles. The topological polar surface area (TPSA) is 97.3 Å². The average molecular weight is 251 g/mol. The molecule has 6 heteroatoms. The number of nitrogens with two attached hydrogens (primary N) is 2. The van der Waals surface area contributed by atoms with Gasteiger partial charge in [0.15, 0.2) is 0 Å². The Bertz CT molecular complexity index is 344. The number of hydrogen-bond acceptors (Lipinski definition) is 4. The Morgan fingerprint density at radius 3 is 2.67 bits per heavy atom. The summed E-state index contributed by atoms with van der Waals surface area (Å²) >= 11 is 0. The van der Waals surface area contributed by atoms with Crippen LogP contribution in [-0.2, 0) is 6.42 Å². The number of urea groups is 1. The van der Waals surface area contributed by atoms with Gasteiger partial charge in [0, 0.05) is 44.5 Å². The second kappa shape index (κ2) is 8.43. The SMILES string of the molecule is NCCN1CCNC1=O.NCCc1ccccn1. The van der Waals surface area contributed by atoms with Crippen LogP contribution in [0.3, 0.4) is 0 Å². The average Bonchev–Trinajstić information content (AvgIpc) is 2.78. The minimum Gasteiger partial charge on any atom is -0.336 e. The van der Waals surface area contributed by atoms with Crippen LogP contribution in [0, 0.1) is 0 Å². The van der Waals surface area contributed by atoms with Crippen molar-refractivity contribution in [3.63, 3.8) is 0 Å². The molecular weight excluding hydrogens is 230 g/mol. The molecule has 1 aliphatic rings. The Hall–Kier alpha value is -1.66. The van der Waals surface area contributed by atoms with E-state index in [1.807, 2.05) is 18.2 Å². The maximum Gasteiger partial charge on any atom is 0.317 e. The van der Waals surface area contributed by atoms with Crippen molar-refractivity contribution in [2.45, 2.75) is 6.42 Å². The molecule has 2 amide bonds. The third-order valence-electron chi connectivity index (χ3n) is 2.47. The first-order chi connectivity index (χ1) is 8.77.